The molecule has 0 radical (unpaired) electrons. The normalized spacial score (nSPS) is 17.7. The highest BCUT2D eigenvalue weighted by Gasteiger charge is 2.38. The zero-order valence-electron chi connectivity index (χ0n) is 52.3. The van der Waals surface area contributed by atoms with E-state index in [9.17, 15) is 25.3 Å². The molecule has 0 unspecified atom stereocenters. The fourth-order valence-electron chi connectivity index (χ4n) is 12.1. The lowest BCUT2D eigenvalue weighted by Gasteiger charge is -2.36. The van der Waals surface area contributed by atoms with Gasteiger partial charge >= 0.3 is 11.6 Å². The van der Waals surface area contributed by atoms with E-state index >= 15 is 0 Å². The number of oxazole rings is 1. The molecular weight excluding hydrogens is 1350 g/mol. The molecule has 0 saturated heterocycles. The van der Waals surface area contributed by atoms with Gasteiger partial charge in [-0.3, -0.25) is 0 Å². The van der Waals surface area contributed by atoms with Crippen molar-refractivity contribution in [2.24, 2.45) is 17.8 Å². The average molecular weight is 1400 g/mol. The smallest absolute Gasteiger partial charge is 0.335 e. The first kappa shape index (κ1) is 67.4. The number of rotatable bonds is 18. The summed E-state index contributed by atoms with van der Waals surface area (Å²) in [6.45, 7) is 1.84. The van der Waals surface area contributed by atoms with Crippen LogP contribution in [0.2, 0.25) is 0 Å². The van der Waals surface area contributed by atoms with Crippen molar-refractivity contribution in [2.75, 3.05) is 33.2 Å². The summed E-state index contributed by atoms with van der Waals surface area (Å²) in [5.74, 6) is 1.30. The molecular formula is C66H58N20O9S4. The van der Waals surface area contributed by atoms with E-state index in [2.05, 4.69) is 85.7 Å². The number of aryl methyl sites for hydroxylation is 1. The predicted molar refractivity (Wildman–Crippen MR) is 363 cm³/mol. The summed E-state index contributed by atoms with van der Waals surface area (Å²) in [6, 6.07) is 24.2. The number of fused-ring (bicyclic) bond motifs is 3. The number of nitriles is 3. The molecule has 0 spiro atoms. The van der Waals surface area contributed by atoms with Crippen molar-refractivity contribution >= 4 is 91.2 Å². The molecule has 33 heteroatoms. The number of H-pyrrole nitrogens is 3. The molecule has 29 nitrogen and oxygen atoms in total. The second kappa shape index (κ2) is 29.4. The van der Waals surface area contributed by atoms with E-state index in [1.54, 1.807) is 37.2 Å². The number of nitrogens with zero attached hydrogens (tertiary/aromatic N) is 14. The standard InChI is InChI=1S/2C22H19N7O2S.C22H20N6O3S.O2S/c2*23-10-14-1-5-25-20(9-14)32(30,31)12-15-7-16(8-15)29-21-17-2-6-26-22(17)27-11-18(21)19-3-4-24-13-28-19;1-13-10-27-22(31-13)18-11-26-21-17(3-5-25-21)20(18)28-16-6-15(7-16)12-32(29,30)19-8-14(9-23)2-4-24-19;1-3-2/h2*1-6,9,11,13,15-16H,7-8,12H2,(H2,26,27,29);2-5,8,10-11,15-16H,6-7,12H2,1H3,(H2,25,26,28);. The minimum absolute atomic E-state index is 0.00869. The van der Waals surface area contributed by atoms with Crippen LogP contribution in [-0.2, 0) is 41.1 Å². The van der Waals surface area contributed by atoms with E-state index in [-0.39, 0.29) is 84.9 Å². The lowest BCUT2D eigenvalue weighted by atomic mass is 9.81. The zero-order valence-corrected chi connectivity index (χ0v) is 55.6. The van der Waals surface area contributed by atoms with Crippen molar-refractivity contribution in [3.05, 3.63) is 176 Å². The molecule has 3 fully saturated rings. The Hall–Kier alpha value is -11.6. The lowest BCUT2D eigenvalue weighted by molar-refractivity contribution is 0.310. The van der Waals surface area contributed by atoms with Crippen molar-refractivity contribution in [1.29, 1.82) is 15.8 Å². The van der Waals surface area contributed by atoms with Gasteiger partial charge in [-0.25, -0.2) is 80.1 Å². The molecule has 3 aliphatic carbocycles. The van der Waals surface area contributed by atoms with Crippen LogP contribution in [0.1, 0.15) is 61.0 Å². The monoisotopic (exact) mass is 1400 g/mol. The summed E-state index contributed by atoms with van der Waals surface area (Å²) < 4.78 is 98.7. The number of aromatic nitrogens is 14. The van der Waals surface area contributed by atoms with Crippen molar-refractivity contribution in [1.82, 2.24) is 69.8 Å². The van der Waals surface area contributed by atoms with Gasteiger partial charge in [0.25, 0.3) is 0 Å². The van der Waals surface area contributed by atoms with Gasteiger partial charge in [0, 0.05) is 114 Å². The maximum atomic E-state index is 12.7. The van der Waals surface area contributed by atoms with Gasteiger partial charge in [0.2, 0.25) is 5.89 Å². The minimum Gasteiger partial charge on any atom is -0.441 e. The maximum Gasteiger partial charge on any atom is 0.335 e. The molecule has 0 aromatic carbocycles. The van der Waals surface area contributed by atoms with Gasteiger partial charge in [-0.2, -0.15) is 24.2 Å². The highest BCUT2D eigenvalue weighted by Crippen LogP contribution is 2.42. The fraction of sp³-hybridized carbons (Fsp3) is 0.242. The van der Waals surface area contributed by atoms with Crippen molar-refractivity contribution in [3.63, 3.8) is 0 Å². The van der Waals surface area contributed by atoms with Crippen molar-refractivity contribution < 1.29 is 38.1 Å². The predicted octanol–water partition coefficient (Wildman–Crippen LogP) is 8.69. The Labute approximate surface area is 569 Å². The summed E-state index contributed by atoms with van der Waals surface area (Å²) >= 11 is -0.750. The van der Waals surface area contributed by atoms with E-state index in [1.165, 1.54) is 67.6 Å². The Morgan fingerprint density at radius 1 is 0.465 bits per heavy atom. The Morgan fingerprint density at radius 3 is 1.12 bits per heavy atom. The lowest BCUT2D eigenvalue weighted by Crippen LogP contribution is -2.39. The van der Waals surface area contributed by atoms with Gasteiger partial charge < -0.3 is 35.3 Å². The van der Waals surface area contributed by atoms with Crippen LogP contribution in [0, 0.1) is 58.7 Å². The van der Waals surface area contributed by atoms with Gasteiger partial charge in [0.05, 0.1) is 92.4 Å². The second-order valence-electron chi connectivity index (χ2n) is 23.8. The molecule has 6 N–H and O–H groups in total. The third-order valence-corrected chi connectivity index (χ3v) is 22.3. The van der Waals surface area contributed by atoms with Crippen molar-refractivity contribution in [2.45, 2.75) is 78.7 Å². The van der Waals surface area contributed by atoms with Gasteiger partial charge in [-0.05, 0) is 130 Å². The van der Waals surface area contributed by atoms with E-state index in [0.29, 0.717) is 50.2 Å². The zero-order chi connectivity index (χ0) is 69.3. The Kier molecular flexibility index (Phi) is 20.0. The molecule has 0 amide bonds. The highest BCUT2D eigenvalue weighted by atomic mass is 32.2. The number of sulfone groups is 3. The van der Waals surface area contributed by atoms with Gasteiger partial charge in [-0.1, -0.05) is 0 Å². The molecule has 0 bridgehead atoms. The van der Waals surface area contributed by atoms with Gasteiger partial charge in [0.15, 0.2) is 44.6 Å². The molecule has 12 heterocycles. The van der Waals surface area contributed by atoms with Crippen LogP contribution in [0.3, 0.4) is 0 Å². The van der Waals surface area contributed by atoms with E-state index < -0.39 is 41.1 Å². The van der Waals surface area contributed by atoms with Gasteiger partial charge in [0.1, 0.15) is 35.4 Å². The van der Waals surface area contributed by atoms with Crippen molar-refractivity contribution in [3.8, 4) is 52.2 Å². The fourth-order valence-corrected chi connectivity index (χ4v) is 16.9. The number of aromatic amines is 3. The molecule has 500 valence electrons. The molecule has 0 atom stereocenters. The molecule has 3 saturated carbocycles. The topological polar surface area (TPSA) is 446 Å². The first-order valence-electron chi connectivity index (χ1n) is 30.7. The van der Waals surface area contributed by atoms with Crippen LogP contribution in [0.25, 0.3) is 67.1 Å². The van der Waals surface area contributed by atoms with Crippen LogP contribution in [0.5, 0.6) is 0 Å². The summed E-state index contributed by atoms with van der Waals surface area (Å²) in [6.07, 6.45) is 27.2. The maximum absolute atomic E-state index is 12.7. The molecule has 15 rings (SSSR count). The van der Waals surface area contributed by atoms with Crippen LogP contribution in [0.15, 0.2) is 173 Å². The van der Waals surface area contributed by atoms with Gasteiger partial charge in [-0.15, -0.1) is 0 Å². The number of nitrogens with one attached hydrogen (secondary N) is 6. The first-order valence-corrected chi connectivity index (χ1v) is 36.4. The number of hydrogen-bond donors (Lipinski definition) is 6. The largest absolute Gasteiger partial charge is 0.441 e. The SMILES string of the molecule is Cc1cnc(-c2cnc3[nH]ccc3c2NC2CC(CS(=O)(=O)c3cc(C#N)ccn3)C2)o1.N#Cc1ccnc(S(=O)(=O)CC2CC(Nc3c(-c4ccncn4)cnc4[nH]ccc34)C2)c1.N#Cc1ccnc(S(=O)(=O)CC2CC(Nc3c(-c4ccncn4)cnc4[nH]ccc34)C2)c1.O=S=O. The summed E-state index contributed by atoms with van der Waals surface area (Å²) in [7, 11) is -10.6. The minimum atomic E-state index is -3.55. The van der Waals surface area contributed by atoms with E-state index in [1.807, 2.05) is 74.1 Å². The Morgan fingerprint density at radius 2 is 0.808 bits per heavy atom. The molecule has 12 aromatic heterocycles. The second-order valence-corrected chi connectivity index (χ2v) is 29.8. The summed E-state index contributed by atoms with van der Waals surface area (Å²) in [5, 5.41) is 40.4. The third kappa shape index (κ3) is 15.5. The summed E-state index contributed by atoms with van der Waals surface area (Å²) in [5.41, 5.74) is 9.89. The Balaban J connectivity index is 0.000000138. The third-order valence-electron chi connectivity index (χ3n) is 17.0. The van der Waals surface area contributed by atoms with Crippen LogP contribution in [-0.4, -0.2) is 139 Å². The summed E-state index contributed by atoms with van der Waals surface area (Å²) in [4.78, 5) is 55.6. The van der Waals surface area contributed by atoms with Crippen LogP contribution >= 0.6 is 0 Å². The van der Waals surface area contributed by atoms with Crippen LogP contribution < -0.4 is 16.0 Å². The average Bonchev–Trinajstić information content (AvgIpc) is 1.78. The Bertz CT molecular complexity index is 5240. The van der Waals surface area contributed by atoms with E-state index in [4.69, 9.17) is 28.6 Å². The first-order chi connectivity index (χ1) is 47.9. The van der Waals surface area contributed by atoms with Crippen LogP contribution in [0.4, 0.5) is 17.1 Å². The molecule has 3 aliphatic rings. The molecule has 12 aromatic rings. The molecule has 0 aliphatic heterocycles. The number of anilines is 3. The van der Waals surface area contributed by atoms with E-state index in [0.717, 1.165) is 78.2 Å². The highest BCUT2D eigenvalue weighted by molar-refractivity contribution is 7.91. The molecule has 99 heavy (non-hydrogen) atoms. The number of pyridine rings is 6. The number of hydrogen-bond acceptors (Lipinski definition) is 26. The quantitative estimate of drug-likeness (QED) is 0.0467.